The number of aromatic nitrogens is 2. The monoisotopic (exact) mass is 353 g/mol. The average Bonchev–Trinajstić information content (AvgIpc) is 3.40. The van der Waals surface area contributed by atoms with Gasteiger partial charge in [0.05, 0.1) is 0 Å². The van der Waals surface area contributed by atoms with Crippen molar-refractivity contribution in [1.29, 1.82) is 0 Å². The average molecular weight is 353 g/mol. The van der Waals surface area contributed by atoms with E-state index in [1.54, 1.807) is 0 Å². The number of aryl methyl sites for hydroxylation is 1. The highest BCUT2D eigenvalue weighted by atomic mass is 16.5. The molecule has 1 unspecified atom stereocenters. The van der Waals surface area contributed by atoms with Crippen molar-refractivity contribution >= 4 is 5.91 Å². The zero-order valence-corrected chi connectivity index (χ0v) is 15.5. The SMILES string of the molecule is Cc1ccc(-c2noc(C3CCCN3C(=O)CCC3CCCC3)n2)cc1. The predicted octanol–water partition coefficient (Wildman–Crippen LogP) is 4.68. The standard InChI is InChI=1S/C21H27N3O2/c1-15-8-11-17(12-9-15)20-22-21(26-23-20)18-7-4-14-24(18)19(25)13-10-16-5-2-3-6-16/h8-9,11-12,16,18H,2-7,10,13-14H2,1H3. The minimum atomic E-state index is -0.0576. The molecule has 1 saturated heterocycles. The number of hydrogen-bond acceptors (Lipinski definition) is 4. The zero-order chi connectivity index (χ0) is 17.9. The van der Waals surface area contributed by atoms with Gasteiger partial charge in [0.2, 0.25) is 17.6 Å². The van der Waals surface area contributed by atoms with E-state index in [4.69, 9.17) is 4.52 Å². The molecule has 2 fully saturated rings. The molecule has 0 N–H and O–H groups in total. The van der Waals surface area contributed by atoms with Crippen molar-refractivity contribution in [3.8, 4) is 11.4 Å². The number of amides is 1. The van der Waals surface area contributed by atoms with Crippen LogP contribution in [0.2, 0.25) is 0 Å². The van der Waals surface area contributed by atoms with Crippen molar-refractivity contribution in [3.05, 3.63) is 35.7 Å². The number of hydrogen-bond donors (Lipinski definition) is 0. The summed E-state index contributed by atoms with van der Waals surface area (Å²) in [6.07, 6.45) is 8.83. The fraction of sp³-hybridized carbons (Fsp3) is 0.571. The molecular formula is C21H27N3O2. The minimum absolute atomic E-state index is 0.0576. The lowest BCUT2D eigenvalue weighted by molar-refractivity contribution is -0.132. The van der Waals surface area contributed by atoms with Crippen molar-refractivity contribution in [3.63, 3.8) is 0 Å². The van der Waals surface area contributed by atoms with E-state index in [-0.39, 0.29) is 11.9 Å². The van der Waals surface area contributed by atoms with Gasteiger partial charge in [-0.2, -0.15) is 4.98 Å². The van der Waals surface area contributed by atoms with Gasteiger partial charge < -0.3 is 9.42 Å². The van der Waals surface area contributed by atoms with Crippen molar-refractivity contribution in [2.75, 3.05) is 6.54 Å². The van der Waals surface area contributed by atoms with Crippen molar-refractivity contribution < 1.29 is 9.32 Å². The van der Waals surface area contributed by atoms with E-state index in [1.807, 2.05) is 29.2 Å². The molecule has 0 spiro atoms. The van der Waals surface area contributed by atoms with Crippen LogP contribution in [-0.4, -0.2) is 27.5 Å². The molecule has 1 saturated carbocycles. The van der Waals surface area contributed by atoms with Gasteiger partial charge in [-0.15, -0.1) is 0 Å². The summed E-state index contributed by atoms with van der Waals surface area (Å²) in [6, 6.07) is 8.03. The Balaban J connectivity index is 1.42. The summed E-state index contributed by atoms with van der Waals surface area (Å²) in [5, 5.41) is 4.14. The Morgan fingerprint density at radius 3 is 2.69 bits per heavy atom. The third kappa shape index (κ3) is 3.67. The van der Waals surface area contributed by atoms with Gasteiger partial charge in [0.15, 0.2) is 0 Å². The van der Waals surface area contributed by atoms with Gasteiger partial charge in [-0.05, 0) is 32.1 Å². The molecule has 2 heterocycles. The van der Waals surface area contributed by atoms with Crippen LogP contribution in [0, 0.1) is 12.8 Å². The molecule has 0 bridgehead atoms. The number of likely N-dealkylation sites (tertiary alicyclic amines) is 1. The van der Waals surface area contributed by atoms with E-state index < -0.39 is 0 Å². The first kappa shape index (κ1) is 17.3. The normalized spacial score (nSPS) is 20.8. The van der Waals surface area contributed by atoms with Crippen molar-refractivity contribution in [2.45, 2.75) is 64.3 Å². The van der Waals surface area contributed by atoms with Crippen LogP contribution in [0.25, 0.3) is 11.4 Å². The fourth-order valence-corrected chi connectivity index (χ4v) is 4.28. The maximum absolute atomic E-state index is 12.7. The molecule has 1 atom stereocenters. The van der Waals surface area contributed by atoms with E-state index >= 15 is 0 Å². The third-order valence-electron chi connectivity index (χ3n) is 5.85. The maximum Gasteiger partial charge on any atom is 0.249 e. The first-order chi connectivity index (χ1) is 12.7. The molecule has 5 nitrogen and oxygen atoms in total. The lowest BCUT2D eigenvalue weighted by Gasteiger charge is -2.22. The summed E-state index contributed by atoms with van der Waals surface area (Å²) in [5.74, 6) is 2.17. The highest BCUT2D eigenvalue weighted by molar-refractivity contribution is 5.77. The van der Waals surface area contributed by atoms with Crippen LogP contribution in [0.5, 0.6) is 0 Å². The van der Waals surface area contributed by atoms with E-state index in [1.165, 1.54) is 31.2 Å². The smallest absolute Gasteiger partial charge is 0.249 e. The number of carbonyl (C=O) groups is 1. The summed E-state index contributed by atoms with van der Waals surface area (Å²) < 4.78 is 5.54. The first-order valence-electron chi connectivity index (χ1n) is 9.91. The van der Waals surface area contributed by atoms with Crippen LogP contribution < -0.4 is 0 Å². The Hall–Kier alpha value is -2.17. The van der Waals surface area contributed by atoms with E-state index in [9.17, 15) is 4.79 Å². The zero-order valence-electron chi connectivity index (χ0n) is 15.5. The number of carbonyl (C=O) groups excluding carboxylic acids is 1. The second-order valence-electron chi connectivity index (χ2n) is 7.76. The largest absolute Gasteiger partial charge is 0.337 e. The molecule has 2 aliphatic rings. The number of rotatable bonds is 5. The second kappa shape index (κ2) is 7.60. The molecular weight excluding hydrogens is 326 g/mol. The summed E-state index contributed by atoms with van der Waals surface area (Å²) in [7, 11) is 0. The molecule has 1 aliphatic heterocycles. The van der Waals surface area contributed by atoms with Crippen LogP contribution in [-0.2, 0) is 4.79 Å². The van der Waals surface area contributed by atoms with Gasteiger partial charge in [0, 0.05) is 18.5 Å². The Kier molecular flexibility index (Phi) is 5.05. The van der Waals surface area contributed by atoms with Crippen LogP contribution in [0.15, 0.2) is 28.8 Å². The molecule has 1 aromatic heterocycles. The fourth-order valence-electron chi connectivity index (χ4n) is 4.28. The molecule has 1 aromatic carbocycles. The lowest BCUT2D eigenvalue weighted by atomic mass is 10.0. The van der Waals surface area contributed by atoms with Gasteiger partial charge in [-0.3, -0.25) is 4.79 Å². The Bertz CT molecular complexity index is 747. The van der Waals surface area contributed by atoms with Gasteiger partial charge in [0.25, 0.3) is 0 Å². The van der Waals surface area contributed by atoms with Crippen molar-refractivity contribution in [1.82, 2.24) is 15.0 Å². The van der Waals surface area contributed by atoms with Gasteiger partial charge in [-0.25, -0.2) is 0 Å². The Morgan fingerprint density at radius 1 is 1.15 bits per heavy atom. The summed E-state index contributed by atoms with van der Waals surface area (Å²) in [4.78, 5) is 19.3. The first-order valence-corrected chi connectivity index (χ1v) is 9.91. The molecule has 26 heavy (non-hydrogen) atoms. The van der Waals surface area contributed by atoms with E-state index in [0.29, 0.717) is 18.1 Å². The van der Waals surface area contributed by atoms with Gasteiger partial charge >= 0.3 is 0 Å². The van der Waals surface area contributed by atoms with E-state index in [2.05, 4.69) is 17.1 Å². The van der Waals surface area contributed by atoms with Crippen LogP contribution >= 0.6 is 0 Å². The summed E-state index contributed by atoms with van der Waals surface area (Å²) >= 11 is 0. The summed E-state index contributed by atoms with van der Waals surface area (Å²) in [5.41, 5.74) is 2.15. The topological polar surface area (TPSA) is 59.2 Å². The second-order valence-corrected chi connectivity index (χ2v) is 7.76. The highest BCUT2D eigenvalue weighted by Gasteiger charge is 2.34. The van der Waals surface area contributed by atoms with Crippen LogP contribution in [0.4, 0.5) is 0 Å². The predicted molar refractivity (Wildman–Crippen MR) is 99.4 cm³/mol. The number of nitrogens with zero attached hydrogens (tertiary/aromatic N) is 3. The van der Waals surface area contributed by atoms with Crippen molar-refractivity contribution in [2.24, 2.45) is 5.92 Å². The highest BCUT2D eigenvalue weighted by Crippen LogP contribution is 2.34. The quantitative estimate of drug-likeness (QED) is 0.783. The van der Waals surface area contributed by atoms with Gasteiger partial charge in [0.1, 0.15) is 6.04 Å². The molecule has 2 aromatic rings. The maximum atomic E-state index is 12.7. The Labute approximate surface area is 154 Å². The molecule has 4 rings (SSSR count). The van der Waals surface area contributed by atoms with Crippen LogP contribution in [0.3, 0.4) is 0 Å². The molecule has 138 valence electrons. The third-order valence-corrected chi connectivity index (χ3v) is 5.85. The number of benzene rings is 1. The Morgan fingerprint density at radius 2 is 1.92 bits per heavy atom. The summed E-state index contributed by atoms with van der Waals surface area (Å²) in [6.45, 7) is 2.86. The van der Waals surface area contributed by atoms with Gasteiger partial charge in [-0.1, -0.05) is 60.7 Å². The minimum Gasteiger partial charge on any atom is -0.337 e. The van der Waals surface area contributed by atoms with E-state index in [0.717, 1.165) is 37.3 Å². The molecule has 1 aliphatic carbocycles. The van der Waals surface area contributed by atoms with Crippen LogP contribution in [0.1, 0.15) is 68.9 Å². The molecule has 0 radical (unpaired) electrons. The molecule has 5 heteroatoms. The lowest BCUT2D eigenvalue weighted by Crippen LogP contribution is -2.30. The molecule has 1 amide bonds.